The quantitative estimate of drug-likeness (QED) is 0.941. The first-order chi connectivity index (χ1) is 11.1. The van der Waals surface area contributed by atoms with Crippen LogP contribution in [0.1, 0.15) is 17.0 Å². The molecule has 0 spiro atoms. The normalized spacial score (nSPS) is 21.3. The first kappa shape index (κ1) is 15.7. The Labute approximate surface area is 136 Å². The zero-order valence-electron chi connectivity index (χ0n) is 13.2. The highest BCUT2D eigenvalue weighted by molar-refractivity contribution is 5.80. The van der Waals surface area contributed by atoms with Gasteiger partial charge in [-0.25, -0.2) is 4.39 Å². The average molecular weight is 312 g/mol. The molecule has 2 aromatic carbocycles. The van der Waals surface area contributed by atoms with Crippen molar-refractivity contribution in [2.45, 2.75) is 12.5 Å². The van der Waals surface area contributed by atoms with Gasteiger partial charge in [-0.1, -0.05) is 48.5 Å². The Morgan fingerprint density at radius 3 is 2.57 bits per heavy atom. The molecular formula is C19H21FN2O. The number of nitrogens with zero attached hydrogens (tertiary/aromatic N) is 1. The van der Waals surface area contributed by atoms with Crippen molar-refractivity contribution in [3.05, 3.63) is 71.5 Å². The molecule has 120 valence electrons. The summed E-state index contributed by atoms with van der Waals surface area (Å²) in [4.78, 5) is 14.8. The van der Waals surface area contributed by atoms with E-state index in [1.807, 2.05) is 25.2 Å². The first-order valence-electron chi connectivity index (χ1n) is 7.90. The fourth-order valence-electron chi connectivity index (χ4n) is 3.26. The summed E-state index contributed by atoms with van der Waals surface area (Å²) < 4.78 is 13.7. The van der Waals surface area contributed by atoms with Crippen LogP contribution in [0.5, 0.6) is 0 Å². The highest BCUT2D eigenvalue weighted by Crippen LogP contribution is 2.32. The number of carbonyl (C=O) groups excluding carboxylic acids is 1. The van der Waals surface area contributed by atoms with E-state index < -0.39 is 0 Å². The molecule has 23 heavy (non-hydrogen) atoms. The van der Waals surface area contributed by atoms with E-state index in [0.717, 1.165) is 13.1 Å². The van der Waals surface area contributed by atoms with Gasteiger partial charge in [0.25, 0.3) is 0 Å². The van der Waals surface area contributed by atoms with Gasteiger partial charge in [-0.15, -0.1) is 0 Å². The van der Waals surface area contributed by atoms with Crippen LogP contribution in [0.3, 0.4) is 0 Å². The molecule has 0 aliphatic carbocycles. The van der Waals surface area contributed by atoms with Crippen LogP contribution in [-0.4, -0.2) is 30.9 Å². The molecule has 3 nitrogen and oxygen atoms in total. The van der Waals surface area contributed by atoms with Gasteiger partial charge in [-0.05, 0) is 18.7 Å². The second-order valence-electron chi connectivity index (χ2n) is 6.15. The molecule has 0 radical (unpaired) electrons. The number of hydrogen-bond donors (Lipinski definition) is 1. The van der Waals surface area contributed by atoms with Crippen molar-refractivity contribution in [2.24, 2.45) is 5.92 Å². The third-order valence-corrected chi connectivity index (χ3v) is 4.48. The highest BCUT2D eigenvalue weighted by Gasteiger charge is 2.36. The van der Waals surface area contributed by atoms with Gasteiger partial charge < -0.3 is 10.2 Å². The van der Waals surface area contributed by atoms with E-state index in [-0.39, 0.29) is 30.1 Å². The van der Waals surface area contributed by atoms with Crippen molar-refractivity contribution < 1.29 is 9.18 Å². The molecule has 1 aliphatic rings. The zero-order chi connectivity index (χ0) is 16.2. The van der Waals surface area contributed by atoms with Crippen molar-refractivity contribution in [1.82, 2.24) is 10.2 Å². The maximum Gasteiger partial charge on any atom is 0.225 e. The predicted molar refractivity (Wildman–Crippen MR) is 88.4 cm³/mol. The third-order valence-electron chi connectivity index (χ3n) is 4.48. The van der Waals surface area contributed by atoms with E-state index in [9.17, 15) is 9.18 Å². The highest BCUT2D eigenvalue weighted by atomic mass is 19.1. The van der Waals surface area contributed by atoms with Crippen LogP contribution in [0.4, 0.5) is 4.39 Å². The molecule has 0 bridgehead atoms. The maximum absolute atomic E-state index is 13.7. The first-order valence-corrected chi connectivity index (χ1v) is 7.90. The van der Waals surface area contributed by atoms with Crippen LogP contribution in [0.2, 0.25) is 0 Å². The summed E-state index contributed by atoms with van der Waals surface area (Å²) in [5, 5.41) is 2.90. The molecule has 1 N–H and O–H groups in total. The molecule has 2 aromatic rings. The van der Waals surface area contributed by atoms with E-state index in [4.69, 9.17) is 0 Å². The SMILES string of the molecule is CN1C[C@H](C(=O)NCc2ccccc2F)[C@H](c2ccccc2)C1. The summed E-state index contributed by atoms with van der Waals surface area (Å²) >= 11 is 0. The lowest BCUT2D eigenvalue weighted by molar-refractivity contribution is -0.125. The second-order valence-corrected chi connectivity index (χ2v) is 6.15. The molecule has 0 saturated carbocycles. The molecule has 1 aliphatic heterocycles. The topological polar surface area (TPSA) is 32.3 Å². The van der Waals surface area contributed by atoms with Crippen LogP contribution in [0.15, 0.2) is 54.6 Å². The number of benzene rings is 2. The Morgan fingerprint density at radius 2 is 1.83 bits per heavy atom. The van der Waals surface area contributed by atoms with Crippen molar-refractivity contribution in [1.29, 1.82) is 0 Å². The average Bonchev–Trinajstić information content (AvgIpc) is 2.97. The monoisotopic (exact) mass is 312 g/mol. The summed E-state index contributed by atoms with van der Waals surface area (Å²) in [6.07, 6.45) is 0. The largest absolute Gasteiger partial charge is 0.352 e. The van der Waals surface area contributed by atoms with Gasteiger partial charge in [0.15, 0.2) is 0 Å². The van der Waals surface area contributed by atoms with Crippen molar-refractivity contribution >= 4 is 5.91 Å². The molecule has 1 heterocycles. The van der Waals surface area contributed by atoms with E-state index in [2.05, 4.69) is 22.3 Å². The molecule has 1 fully saturated rings. The molecule has 1 amide bonds. The van der Waals surface area contributed by atoms with Gasteiger partial charge >= 0.3 is 0 Å². The molecular weight excluding hydrogens is 291 g/mol. The van der Waals surface area contributed by atoms with E-state index in [0.29, 0.717) is 5.56 Å². The number of likely N-dealkylation sites (N-methyl/N-ethyl adjacent to an activating group) is 1. The number of amides is 1. The minimum absolute atomic E-state index is 0.00791. The third kappa shape index (κ3) is 3.59. The Morgan fingerprint density at radius 1 is 1.13 bits per heavy atom. The summed E-state index contributed by atoms with van der Waals surface area (Å²) in [6, 6.07) is 16.7. The number of likely N-dealkylation sites (tertiary alicyclic amines) is 1. The lowest BCUT2D eigenvalue weighted by Gasteiger charge is -2.18. The fraction of sp³-hybridized carbons (Fsp3) is 0.316. The Hall–Kier alpha value is -2.20. The van der Waals surface area contributed by atoms with Gasteiger partial charge in [-0.2, -0.15) is 0 Å². The molecule has 3 rings (SSSR count). The summed E-state index contributed by atoms with van der Waals surface area (Å²) in [7, 11) is 2.03. The van der Waals surface area contributed by atoms with Crippen molar-refractivity contribution in [2.75, 3.05) is 20.1 Å². The molecule has 0 unspecified atom stereocenters. The van der Waals surface area contributed by atoms with E-state index >= 15 is 0 Å². The van der Waals surface area contributed by atoms with E-state index in [1.54, 1.807) is 18.2 Å². The van der Waals surface area contributed by atoms with Gasteiger partial charge in [0.1, 0.15) is 5.82 Å². The fourth-order valence-corrected chi connectivity index (χ4v) is 3.26. The number of carbonyl (C=O) groups is 1. The van der Waals surface area contributed by atoms with Crippen LogP contribution >= 0.6 is 0 Å². The number of halogens is 1. The molecule has 4 heteroatoms. The molecule has 2 atom stereocenters. The van der Waals surface area contributed by atoms with Crippen LogP contribution in [-0.2, 0) is 11.3 Å². The second kappa shape index (κ2) is 6.92. The summed E-state index contributed by atoms with van der Waals surface area (Å²) in [5.74, 6) is -0.210. The molecule has 0 aromatic heterocycles. The Balaban J connectivity index is 1.69. The minimum Gasteiger partial charge on any atom is -0.352 e. The van der Waals surface area contributed by atoms with Crippen LogP contribution in [0.25, 0.3) is 0 Å². The minimum atomic E-state index is -0.282. The van der Waals surface area contributed by atoms with Crippen molar-refractivity contribution in [3.8, 4) is 0 Å². The van der Waals surface area contributed by atoms with Gasteiger partial charge in [0.05, 0.1) is 5.92 Å². The van der Waals surface area contributed by atoms with Crippen molar-refractivity contribution in [3.63, 3.8) is 0 Å². The van der Waals surface area contributed by atoms with Crippen LogP contribution < -0.4 is 5.32 Å². The zero-order valence-corrected chi connectivity index (χ0v) is 13.2. The number of nitrogens with one attached hydrogen (secondary N) is 1. The predicted octanol–water partition coefficient (Wildman–Crippen LogP) is 2.79. The number of rotatable bonds is 4. The summed E-state index contributed by atoms with van der Waals surface area (Å²) in [5.41, 5.74) is 1.70. The van der Waals surface area contributed by atoms with Crippen LogP contribution in [0, 0.1) is 11.7 Å². The van der Waals surface area contributed by atoms with E-state index in [1.165, 1.54) is 11.6 Å². The molecule has 1 saturated heterocycles. The maximum atomic E-state index is 13.7. The van der Waals surface area contributed by atoms with Gasteiger partial charge in [0.2, 0.25) is 5.91 Å². The Bertz CT molecular complexity index is 674. The van der Waals surface area contributed by atoms with Gasteiger partial charge in [0, 0.05) is 31.1 Å². The smallest absolute Gasteiger partial charge is 0.225 e. The number of hydrogen-bond acceptors (Lipinski definition) is 2. The standard InChI is InChI=1S/C19H21FN2O/c1-22-12-16(14-7-3-2-4-8-14)17(13-22)19(23)21-11-15-9-5-6-10-18(15)20/h2-10,16-17H,11-13H2,1H3,(H,21,23)/t16-,17-/m0/s1. The Kier molecular flexibility index (Phi) is 4.72. The van der Waals surface area contributed by atoms with Gasteiger partial charge in [-0.3, -0.25) is 4.79 Å². The lowest BCUT2D eigenvalue weighted by atomic mass is 9.88. The lowest BCUT2D eigenvalue weighted by Crippen LogP contribution is -2.34. The summed E-state index contributed by atoms with van der Waals surface area (Å²) in [6.45, 7) is 1.82.